The molecule has 0 N–H and O–H groups in total. The summed E-state index contributed by atoms with van der Waals surface area (Å²) in [6.07, 6.45) is 1.64. The van der Waals surface area contributed by atoms with E-state index < -0.39 is 16.6 Å². The van der Waals surface area contributed by atoms with Crippen LogP contribution in [0.3, 0.4) is 0 Å². The Kier molecular flexibility index (Phi) is 4.51. The van der Waals surface area contributed by atoms with E-state index in [-0.39, 0.29) is 17.5 Å². The minimum absolute atomic E-state index is 0.0286. The number of benzene rings is 1. The van der Waals surface area contributed by atoms with Crippen LogP contribution in [0.25, 0.3) is 10.9 Å². The quantitative estimate of drug-likeness (QED) is 0.750. The van der Waals surface area contributed by atoms with E-state index in [1.165, 1.54) is 5.56 Å². The van der Waals surface area contributed by atoms with Crippen LogP contribution >= 0.6 is 15.9 Å². The molecule has 2 aliphatic heterocycles. The monoisotopic (exact) mass is 423 g/mol. The van der Waals surface area contributed by atoms with Crippen LogP contribution in [0, 0.1) is 6.92 Å². The van der Waals surface area contributed by atoms with Crippen molar-refractivity contribution in [2.24, 2.45) is 0 Å². The minimum Gasteiger partial charge on any atom is -0.344 e. The number of aryl methyl sites for hydroxylation is 2. The fourth-order valence-electron chi connectivity index (χ4n) is 3.79. The summed E-state index contributed by atoms with van der Waals surface area (Å²) >= 11 is 3.53. The van der Waals surface area contributed by atoms with Crippen LogP contribution in [0.15, 0.2) is 28.7 Å². The van der Waals surface area contributed by atoms with Crippen LogP contribution in [-0.2, 0) is 26.7 Å². The average molecular weight is 424 g/mol. The molecule has 2 fully saturated rings. The summed E-state index contributed by atoms with van der Waals surface area (Å²) in [5.74, 6) is 0.0290. The highest BCUT2D eigenvalue weighted by Crippen LogP contribution is 2.38. The SMILES string of the molecule is Cc1nc2cc(CC[C@@H]3[C@H]4OC(C)(C)O[C@H]4CS3=O)ccc2cc1Br. The summed E-state index contributed by atoms with van der Waals surface area (Å²) in [7, 11) is -0.882. The largest absolute Gasteiger partial charge is 0.344 e. The topological polar surface area (TPSA) is 48.4 Å². The first kappa shape index (κ1) is 17.6. The molecule has 2 saturated heterocycles. The molecular formula is C19H22BrNO3S. The number of rotatable bonds is 3. The lowest BCUT2D eigenvalue weighted by Crippen LogP contribution is -2.30. The molecule has 4 rings (SSSR count). The van der Waals surface area contributed by atoms with Gasteiger partial charge in [-0.25, -0.2) is 0 Å². The maximum atomic E-state index is 12.4. The van der Waals surface area contributed by atoms with Crippen molar-refractivity contribution in [3.8, 4) is 0 Å². The summed E-state index contributed by atoms with van der Waals surface area (Å²) in [6.45, 7) is 5.86. The van der Waals surface area contributed by atoms with Crippen LogP contribution in [-0.4, -0.2) is 38.2 Å². The van der Waals surface area contributed by atoms with Gasteiger partial charge in [-0.05, 0) is 67.2 Å². The molecule has 6 heteroatoms. The van der Waals surface area contributed by atoms with Crippen molar-refractivity contribution < 1.29 is 13.7 Å². The molecule has 0 spiro atoms. The lowest BCUT2D eigenvalue weighted by Gasteiger charge is -2.21. The first-order chi connectivity index (χ1) is 11.8. The van der Waals surface area contributed by atoms with Crippen molar-refractivity contribution in [2.45, 2.75) is 56.9 Å². The number of halogens is 1. The van der Waals surface area contributed by atoms with Crippen LogP contribution in [0.1, 0.15) is 31.5 Å². The highest BCUT2D eigenvalue weighted by Gasteiger charge is 2.52. The van der Waals surface area contributed by atoms with Crippen molar-refractivity contribution in [3.05, 3.63) is 40.0 Å². The standard InChI is InChI=1S/C19H22BrNO3S/c1-11-14(20)9-13-6-4-12(8-15(13)21-11)5-7-17-18-16(10-25(17)22)23-19(2,3)24-18/h4,6,8-9,16-18H,5,7,10H2,1-3H3/t16-,17+,18-,25?/m0/s1. The molecule has 1 aromatic carbocycles. The maximum Gasteiger partial charge on any atom is 0.163 e. The van der Waals surface area contributed by atoms with Gasteiger partial charge in [-0.2, -0.15) is 0 Å². The minimum atomic E-state index is -0.882. The maximum absolute atomic E-state index is 12.4. The van der Waals surface area contributed by atoms with Crippen molar-refractivity contribution in [1.82, 2.24) is 4.98 Å². The predicted molar refractivity (Wildman–Crippen MR) is 103 cm³/mol. The van der Waals surface area contributed by atoms with Gasteiger partial charge >= 0.3 is 0 Å². The van der Waals surface area contributed by atoms with E-state index in [4.69, 9.17) is 9.47 Å². The third-order valence-electron chi connectivity index (χ3n) is 4.98. The molecule has 0 amide bonds. The number of fused-ring (bicyclic) bond motifs is 2. The normalized spacial score (nSPS) is 30.7. The van der Waals surface area contributed by atoms with Gasteiger partial charge in [0.2, 0.25) is 0 Å². The lowest BCUT2D eigenvalue weighted by molar-refractivity contribution is -0.145. The Balaban J connectivity index is 1.50. The van der Waals surface area contributed by atoms with Gasteiger partial charge in [0, 0.05) is 20.7 Å². The molecule has 2 aromatic rings. The van der Waals surface area contributed by atoms with Gasteiger partial charge in [0.1, 0.15) is 6.10 Å². The first-order valence-corrected chi connectivity index (χ1v) is 10.8. The van der Waals surface area contributed by atoms with Gasteiger partial charge in [-0.1, -0.05) is 12.1 Å². The number of ether oxygens (including phenoxy) is 2. The van der Waals surface area contributed by atoms with Crippen molar-refractivity contribution in [2.75, 3.05) is 5.75 Å². The molecule has 4 nitrogen and oxygen atoms in total. The number of hydrogen-bond acceptors (Lipinski definition) is 4. The van der Waals surface area contributed by atoms with Crippen molar-refractivity contribution >= 4 is 37.6 Å². The van der Waals surface area contributed by atoms with E-state index in [0.717, 1.165) is 33.9 Å². The highest BCUT2D eigenvalue weighted by molar-refractivity contribution is 9.10. The second kappa shape index (κ2) is 6.41. The van der Waals surface area contributed by atoms with E-state index in [2.05, 4.69) is 45.2 Å². The smallest absolute Gasteiger partial charge is 0.163 e. The summed E-state index contributed by atoms with van der Waals surface area (Å²) in [5.41, 5.74) is 3.22. The zero-order valence-corrected chi connectivity index (χ0v) is 17.0. The molecule has 0 bridgehead atoms. The lowest BCUT2D eigenvalue weighted by atomic mass is 10.0. The number of pyridine rings is 1. The van der Waals surface area contributed by atoms with Crippen LogP contribution < -0.4 is 0 Å². The van der Waals surface area contributed by atoms with Crippen molar-refractivity contribution in [3.63, 3.8) is 0 Å². The van der Waals surface area contributed by atoms with E-state index in [9.17, 15) is 4.21 Å². The van der Waals surface area contributed by atoms with Crippen LogP contribution in [0.4, 0.5) is 0 Å². The van der Waals surface area contributed by atoms with Gasteiger partial charge in [0.05, 0.1) is 28.3 Å². The summed E-state index contributed by atoms with van der Waals surface area (Å²) in [5, 5.41) is 1.17. The Bertz CT molecular complexity index is 854. The zero-order chi connectivity index (χ0) is 17.8. The third kappa shape index (κ3) is 3.42. The van der Waals surface area contributed by atoms with E-state index >= 15 is 0 Å². The van der Waals surface area contributed by atoms with E-state index in [0.29, 0.717) is 5.75 Å². The Morgan fingerprint density at radius 1 is 1.32 bits per heavy atom. The fourth-order valence-corrected chi connectivity index (χ4v) is 5.86. The molecular weight excluding hydrogens is 402 g/mol. The molecule has 3 heterocycles. The molecule has 1 aromatic heterocycles. The van der Waals surface area contributed by atoms with Gasteiger partial charge in [0.15, 0.2) is 5.79 Å². The summed E-state index contributed by atoms with van der Waals surface area (Å²) in [4.78, 5) is 4.65. The summed E-state index contributed by atoms with van der Waals surface area (Å²) in [6, 6.07) is 8.48. The molecule has 25 heavy (non-hydrogen) atoms. The van der Waals surface area contributed by atoms with E-state index in [1.807, 2.05) is 20.8 Å². The Morgan fingerprint density at radius 3 is 2.92 bits per heavy atom. The van der Waals surface area contributed by atoms with E-state index in [1.54, 1.807) is 0 Å². The molecule has 0 saturated carbocycles. The Labute approximate surface area is 158 Å². The van der Waals surface area contributed by atoms with Gasteiger partial charge in [-0.15, -0.1) is 0 Å². The zero-order valence-electron chi connectivity index (χ0n) is 14.6. The second-order valence-corrected chi connectivity index (χ2v) is 9.90. The van der Waals surface area contributed by atoms with Gasteiger partial charge < -0.3 is 9.47 Å². The second-order valence-electron chi connectivity index (χ2n) is 7.35. The Hall–Kier alpha value is -0.820. The van der Waals surface area contributed by atoms with Crippen LogP contribution in [0.2, 0.25) is 0 Å². The number of hydrogen-bond donors (Lipinski definition) is 0. The summed E-state index contributed by atoms with van der Waals surface area (Å²) < 4.78 is 25.4. The molecule has 134 valence electrons. The fraction of sp³-hybridized carbons (Fsp3) is 0.526. The number of aromatic nitrogens is 1. The first-order valence-electron chi connectivity index (χ1n) is 8.61. The molecule has 0 aliphatic carbocycles. The molecule has 1 unspecified atom stereocenters. The van der Waals surface area contributed by atoms with Gasteiger partial charge in [0.25, 0.3) is 0 Å². The van der Waals surface area contributed by atoms with Crippen molar-refractivity contribution in [1.29, 1.82) is 0 Å². The highest BCUT2D eigenvalue weighted by atomic mass is 79.9. The molecule has 0 radical (unpaired) electrons. The molecule has 4 atom stereocenters. The van der Waals surface area contributed by atoms with Gasteiger partial charge in [-0.3, -0.25) is 9.19 Å². The predicted octanol–water partition coefficient (Wildman–Crippen LogP) is 3.89. The third-order valence-corrected chi connectivity index (χ3v) is 7.62. The number of nitrogens with zero attached hydrogens (tertiary/aromatic N) is 1. The van der Waals surface area contributed by atoms with Crippen LogP contribution in [0.5, 0.6) is 0 Å². The Morgan fingerprint density at radius 2 is 2.12 bits per heavy atom. The molecule has 2 aliphatic rings. The average Bonchev–Trinajstić information content (AvgIpc) is 2.97.